The third-order valence-electron chi connectivity index (χ3n) is 7.33. The van der Waals surface area contributed by atoms with Crippen LogP contribution in [0.25, 0.3) is 10.2 Å². The summed E-state index contributed by atoms with van der Waals surface area (Å²) >= 11 is 1.34. The van der Waals surface area contributed by atoms with E-state index in [9.17, 15) is 14.0 Å². The van der Waals surface area contributed by atoms with Crippen LogP contribution in [0, 0.1) is 16.7 Å². The first-order valence-electron chi connectivity index (χ1n) is 11.8. The number of rotatable bonds is 6. The Morgan fingerprint density at radius 3 is 2.65 bits per heavy atom. The maximum atomic E-state index is 12.9. The minimum Gasteiger partial charge on any atom is -0.355 e. The molecule has 1 spiro atoms. The Bertz CT molecular complexity index is 1220. The number of nitriles is 1. The molecule has 1 unspecified atom stereocenters. The number of aromatic nitrogens is 2. The monoisotopic (exact) mass is 481 g/mol. The average molecular weight is 482 g/mol. The van der Waals surface area contributed by atoms with E-state index in [1.807, 2.05) is 19.9 Å². The molecule has 34 heavy (non-hydrogen) atoms. The maximum Gasteiger partial charge on any atom is 0.243 e. The summed E-state index contributed by atoms with van der Waals surface area (Å²) in [5.41, 5.74) is 2.08. The zero-order valence-corrected chi connectivity index (χ0v) is 20.4. The number of likely N-dealkylation sites (tertiary alicyclic amines) is 1. The van der Waals surface area contributed by atoms with Crippen LogP contribution >= 0.6 is 11.3 Å². The van der Waals surface area contributed by atoms with Gasteiger partial charge in [-0.2, -0.15) is 5.26 Å². The topological polar surface area (TPSA) is 56.1 Å². The van der Waals surface area contributed by atoms with Crippen LogP contribution in [0.5, 0.6) is 0 Å². The van der Waals surface area contributed by atoms with E-state index in [1.54, 1.807) is 6.33 Å². The van der Waals surface area contributed by atoms with Crippen LogP contribution in [0.15, 0.2) is 36.7 Å². The maximum absolute atomic E-state index is 12.9. The summed E-state index contributed by atoms with van der Waals surface area (Å²) in [6.07, 6.45) is 1.24. The molecule has 3 aromatic rings. The first-order chi connectivity index (χ1) is 16.3. The van der Waals surface area contributed by atoms with Crippen molar-refractivity contribution in [2.75, 3.05) is 31.1 Å². The average Bonchev–Trinajstić information content (AvgIpc) is 3.52. The molecule has 2 aromatic heterocycles. The molecule has 1 aromatic carbocycles. The second kappa shape index (κ2) is 8.86. The summed E-state index contributed by atoms with van der Waals surface area (Å²) in [4.78, 5) is 15.2. The van der Waals surface area contributed by atoms with Crippen LogP contribution < -0.4 is 4.90 Å². The minimum atomic E-state index is -2.35. The first kappa shape index (κ1) is 23.1. The van der Waals surface area contributed by atoms with Gasteiger partial charge >= 0.3 is 0 Å². The van der Waals surface area contributed by atoms with Crippen molar-refractivity contribution in [3.8, 4) is 6.07 Å². The van der Waals surface area contributed by atoms with Gasteiger partial charge in [0, 0.05) is 42.9 Å². The zero-order chi connectivity index (χ0) is 23.9. The molecule has 2 aliphatic rings. The highest BCUT2D eigenvalue weighted by Gasteiger charge is 2.44. The molecule has 2 fully saturated rings. The van der Waals surface area contributed by atoms with Crippen molar-refractivity contribution in [2.24, 2.45) is 5.41 Å². The van der Waals surface area contributed by atoms with Crippen LogP contribution in [0.4, 0.5) is 14.6 Å². The van der Waals surface area contributed by atoms with Gasteiger partial charge in [-0.05, 0) is 50.4 Å². The standard InChI is InChI=1S/C26H29F2N5S/c1-25(2,14-29)19-5-3-18(4-6-19)13-32-9-7-26(15-32)8-10-33(16-26)23-21-11-20(12-22(27)28)34-24(21)31-17-30-23/h3-6,11,17,22H,7-10,12-13,15-16H2,1-2H3. The van der Waals surface area contributed by atoms with Gasteiger partial charge in [0.15, 0.2) is 0 Å². The van der Waals surface area contributed by atoms with Crippen molar-refractivity contribution >= 4 is 27.4 Å². The molecular weight excluding hydrogens is 452 g/mol. The Labute approximate surface area is 203 Å². The molecule has 0 radical (unpaired) electrons. The molecule has 2 aliphatic heterocycles. The molecule has 5 nitrogen and oxygen atoms in total. The Kier molecular flexibility index (Phi) is 6.03. The highest BCUT2D eigenvalue weighted by Crippen LogP contribution is 2.43. The largest absolute Gasteiger partial charge is 0.355 e. The highest BCUT2D eigenvalue weighted by atomic mass is 32.1. The lowest BCUT2D eigenvalue weighted by molar-refractivity contribution is 0.150. The van der Waals surface area contributed by atoms with Gasteiger partial charge in [0.05, 0.1) is 16.9 Å². The molecule has 4 heterocycles. The van der Waals surface area contributed by atoms with Crippen LogP contribution in [0.2, 0.25) is 0 Å². The lowest BCUT2D eigenvalue weighted by atomic mass is 9.86. The molecule has 0 aliphatic carbocycles. The second-order valence-corrected chi connectivity index (χ2v) is 11.4. The summed E-state index contributed by atoms with van der Waals surface area (Å²) in [6.45, 7) is 8.77. The van der Waals surface area contributed by atoms with E-state index >= 15 is 0 Å². The van der Waals surface area contributed by atoms with Gasteiger partial charge in [-0.15, -0.1) is 11.3 Å². The summed E-state index contributed by atoms with van der Waals surface area (Å²) in [6, 6.07) is 12.7. The SMILES string of the molecule is CC(C)(C#N)c1ccc(CN2CCC3(CCN(c4ncnc5sc(CC(F)F)cc45)C3)C2)cc1. The van der Waals surface area contributed by atoms with Crippen molar-refractivity contribution in [3.05, 3.63) is 52.7 Å². The van der Waals surface area contributed by atoms with E-state index in [-0.39, 0.29) is 11.8 Å². The van der Waals surface area contributed by atoms with Crippen molar-refractivity contribution in [1.29, 1.82) is 5.26 Å². The number of thiophene rings is 1. The first-order valence-corrected chi connectivity index (χ1v) is 12.6. The van der Waals surface area contributed by atoms with Crippen molar-refractivity contribution < 1.29 is 8.78 Å². The molecule has 0 N–H and O–H groups in total. The molecule has 1 atom stereocenters. The third kappa shape index (κ3) is 4.51. The number of halogens is 2. The zero-order valence-electron chi connectivity index (χ0n) is 19.6. The molecule has 0 saturated carbocycles. The lowest BCUT2D eigenvalue weighted by Crippen LogP contribution is -2.31. The number of anilines is 1. The number of hydrogen-bond acceptors (Lipinski definition) is 6. The van der Waals surface area contributed by atoms with Gasteiger partial charge in [-0.1, -0.05) is 24.3 Å². The smallest absolute Gasteiger partial charge is 0.243 e. The number of hydrogen-bond donors (Lipinski definition) is 0. The summed E-state index contributed by atoms with van der Waals surface area (Å²) < 4.78 is 25.7. The number of alkyl halides is 2. The van der Waals surface area contributed by atoms with Crippen LogP contribution in [0.3, 0.4) is 0 Å². The van der Waals surface area contributed by atoms with Gasteiger partial charge in [-0.25, -0.2) is 18.7 Å². The van der Waals surface area contributed by atoms with E-state index in [4.69, 9.17) is 0 Å². The quantitative estimate of drug-likeness (QED) is 0.472. The molecular formula is C26H29F2N5S. The Morgan fingerprint density at radius 2 is 1.91 bits per heavy atom. The number of benzene rings is 1. The van der Waals surface area contributed by atoms with Gasteiger partial charge in [-0.3, -0.25) is 4.90 Å². The van der Waals surface area contributed by atoms with E-state index in [1.165, 1.54) is 16.9 Å². The van der Waals surface area contributed by atoms with E-state index in [0.29, 0.717) is 4.88 Å². The fraction of sp³-hybridized carbons (Fsp3) is 0.500. The van der Waals surface area contributed by atoms with E-state index in [2.05, 4.69) is 50.1 Å². The molecule has 0 amide bonds. The van der Waals surface area contributed by atoms with Gasteiger partial charge in [0.25, 0.3) is 0 Å². The van der Waals surface area contributed by atoms with Crippen molar-refractivity contribution in [2.45, 2.75) is 51.5 Å². The second-order valence-electron chi connectivity index (χ2n) is 10.3. The number of nitrogens with zero attached hydrogens (tertiary/aromatic N) is 5. The number of fused-ring (bicyclic) bond motifs is 1. The lowest BCUT2D eigenvalue weighted by Gasteiger charge is -2.25. The van der Waals surface area contributed by atoms with Crippen LogP contribution in [0.1, 0.15) is 42.7 Å². The van der Waals surface area contributed by atoms with Gasteiger partial charge in [0.2, 0.25) is 6.43 Å². The van der Waals surface area contributed by atoms with Gasteiger partial charge < -0.3 is 4.90 Å². The van der Waals surface area contributed by atoms with E-state index in [0.717, 1.165) is 67.2 Å². The Morgan fingerprint density at radius 1 is 1.15 bits per heavy atom. The summed E-state index contributed by atoms with van der Waals surface area (Å²) in [5.74, 6) is 0.882. The van der Waals surface area contributed by atoms with Gasteiger partial charge in [0.1, 0.15) is 17.0 Å². The fourth-order valence-corrected chi connectivity index (χ4v) is 6.35. The molecule has 8 heteroatoms. The predicted octanol–water partition coefficient (Wildman–Crippen LogP) is 5.40. The summed E-state index contributed by atoms with van der Waals surface area (Å²) in [5, 5.41) is 10.3. The minimum absolute atomic E-state index is 0.228. The normalized spacial score (nSPS) is 21.2. The molecule has 2 saturated heterocycles. The molecule has 5 rings (SSSR count). The fourth-order valence-electron chi connectivity index (χ4n) is 5.36. The molecule has 0 bridgehead atoms. The van der Waals surface area contributed by atoms with Crippen molar-refractivity contribution in [3.63, 3.8) is 0 Å². The van der Waals surface area contributed by atoms with Crippen molar-refractivity contribution in [1.82, 2.24) is 14.9 Å². The third-order valence-corrected chi connectivity index (χ3v) is 8.40. The van der Waals surface area contributed by atoms with Crippen LogP contribution in [-0.2, 0) is 18.4 Å². The Hall–Kier alpha value is -2.63. The summed E-state index contributed by atoms with van der Waals surface area (Å²) in [7, 11) is 0. The Balaban J connectivity index is 1.26. The van der Waals surface area contributed by atoms with Crippen LogP contribution in [-0.4, -0.2) is 47.5 Å². The predicted molar refractivity (Wildman–Crippen MR) is 131 cm³/mol. The highest BCUT2D eigenvalue weighted by molar-refractivity contribution is 7.18. The molecule has 178 valence electrons. The van der Waals surface area contributed by atoms with E-state index < -0.39 is 11.8 Å².